The van der Waals surface area contributed by atoms with E-state index in [1.807, 2.05) is 6.92 Å². The molecule has 0 radical (unpaired) electrons. The molecule has 3 nitrogen and oxygen atoms in total. The van der Waals surface area contributed by atoms with E-state index in [4.69, 9.17) is 4.74 Å². The van der Waals surface area contributed by atoms with Crippen LogP contribution in [0.3, 0.4) is 0 Å². The van der Waals surface area contributed by atoms with Crippen LogP contribution < -0.4 is 0 Å². The molecule has 3 rings (SSSR count). The van der Waals surface area contributed by atoms with Crippen molar-refractivity contribution in [3.05, 3.63) is 11.6 Å². The predicted molar refractivity (Wildman–Crippen MR) is 92.2 cm³/mol. The van der Waals surface area contributed by atoms with Gasteiger partial charge in [-0.15, -0.1) is 0 Å². The molecule has 0 aromatic carbocycles. The van der Waals surface area contributed by atoms with Gasteiger partial charge in [0.15, 0.2) is 0 Å². The molecule has 2 N–H and O–H groups in total. The van der Waals surface area contributed by atoms with E-state index < -0.39 is 11.7 Å². The van der Waals surface area contributed by atoms with Gasteiger partial charge >= 0.3 is 0 Å². The summed E-state index contributed by atoms with van der Waals surface area (Å²) in [5.41, 5.74) is 1.07. The van der Waals surface area contributed by atoms with Crippen LogP contribution in [-0.2, 0) is 4.74 Å². The SMILES string of the molecule is CC1(C)CCC[C@]2(C)C3=CC[C@](C)([C@H](O)CO)O[C@]3(C)CC[C@@H]12. The van der Waals surface area contributed by atoms with Gasteiger partial charge in [-0.1, -0.05) is 33.3 Å². The Morgan fingerprint density at radius 1 is 1.17 bits per heavy atom. The van der Waals surface area contributed by atoms with Crippen LogP contribution in [-0.4, -0.2) is 34.1 Å². The number of fused-ring (bicyclic) bond motifs is 3. The Balaban J connectivity index is 1.99. The van der Waals surface area contributed by atoms with Gasteiger partial charge in [-0.3, -0.25) is 0 Å². The summed E-state index contributed by atoms with van der Waals surface area (Å²) in [5, 5.41) is 19.6. The third-order valence-corrected chi connectivity index (χ3v) is 7.37. The first-order chi connectivity index (χ1) is 10.6. The van der Waals surface area contributed by atoms with E-state index in [0.717, 1.165) is 6.42 Å². The first-order valence-corrected chi connectivity index (χ1v) is 9.28. The average molecular weight is 322 g/mol. The Bertz CT molecular complexity index is 511. The molecule has 2 saturated carbocycles. The normalized spacial score (nSPS) is 47.3. The van der Waals surface area contributed by atoms with Crippen molar-refractivity contribution in [3.63, 3.8) is 0 Å². The molecule has 132 valence electrons. The van der Waals surface area contributed by atoms with Gasteiger partial charge in [0.05, 0.1) is 17.8 Å². The fourth-order valence-corrected chi connectivity index (χ4v) is 6.13. The van der Waals surface area contributed by atoms with Crippen LogP contribution in [0.4, 0.5) is 0 Å². The molecule has 0 unspecified atom stereocenters. The molecule has 0 spiro atoms. The monoisotopic (exact) mass is 322 g/mol. The van der Waals surface area contributed by atoms with Gasteiger partial charge < -0.3 is 14.9 Å². The van der Waals surface area contributed by atoms with Gasteiger partial charge in [-0.25, -0.2) is 0 Å². The van der Waals surface area contributed by atoms with Crippen LogP contribution in [0.2, 0.25) is 0 Å². The summed E-state index contributed by atoms with van der Waals surface area (Å²) in [6, 6.07) is 0. The van der Waals surface area contributed by atoms with E-state index in [2.05, 4.69) is 33.8 Å². The van der Waals surface area contributed by atoms with Crippen LogP contribution in [0.1, 0.15) is 73.1 Å². The smallest absolute Gasteiger partial charge is 0.106 e. The molecule has 2 aliphatic carbocycles. The van der Waals surface area contributed by atoms with E-state index in [1.54, 1.807) is 0 Å². The van der Waals surface area contributed by atoms with Gasteiger partial charge in [-0.05, 0) is 68.3 Å². The van der Waals surface area contributed by atoms with Crippen molar-refractivity contribution < 1.29 is 14.9 Å². The van der Waals surface area contributed by atoms with Gasteiger partial charge in [-0.2, -0.15) is 0 Å². The summed E-state index contributed by atoms with van der Waals surface area (Å²) >= 11 is 0. The van der Waals surface area contributed by atoms with E-state index in [9.17, 15) is 10.2 Å². The molecule has 3 heteroatoms. The lowest BCUT2D eigenvalue weighted by atomic mass is 9.47. The predicted octanol–water partition coefficient (Wildman–Crippen LogP) is 3.83. The standard InChI is InChI=1S/C20H34O3/c1-17(2)9-6-10-18(3)14(17)7-11-19(4)15(18)8-12-20(5,23-19)16(22)13-21/h8,14,16,21-22H,6-7,9-13H2,1-5H3/t14-,16+,18-,19+,20+/m0/s1. The number of ether oxygens (including phenoxy) is 1. The van der Waals surface area contributed by atoms with E-state index in [-0.39, 0.29) is 17.6 Å². The molecule has 0 aromatic heterocycles. The molecule has 0 aromatic rings. The summed E-state index contributed by atoms with van der Waals surface area (Å²) in [5.74, 6) is 0.707. The highest BCUT2D eigenvalue weighted by atomic mass is 16.5. The van der Waals surface area contributed by atoms with Crippen molar-refractivity contribution in [2.75, 3.05) is 6.61 Å². The second-order valence-corrected chi connectivity index (χ2v) is 9.52. The molecule has 0 bridgehead atoms. The van der Waals surface area contributed by atoms with Crippen LogP contribution in [0.15, 0.2) is 11.6 Å². The lowest BCUT2D eigenvalue weighted by molar-refractivity contribution is -0.210. The topological polar surface area (TPSA) is 49.7 Å². The quantitative estimate of drug-likeness (QED) is 0.760. The zero-order valence-electron chi connectivity index (χ0n) is 15.5. The van der Waals surface area contributed by atoms with E-state index >= 15 is 0 Å². The van der Waals surface area contributed by atoms with E-state index in [0.29, 0.717) is 17.8 Å². The minimum atomic E-state index is -0.828. The van der Waals surface area contributed by atoms with Crippen molar-refractivity contribution in [3.8, 4) is 0 Å². The highest BCUT2D eigenvalue weighted by Crippen LogP contribution is 2.64. The molecule has 3 aliphatic rings. The van der Waals surface area contributed by atoms with Crippen molar-refractivity contribution in [1.82, 2.24) is 0 Å². The number of hydrogen-bond acceptors (Lipinski definition) is 3. The summed E-state index contributed by atoms with van der Waals surface area (Å²) < 4.78 is 6.52. The highest BCUT2D eigenvalue weighted by molar-refractivity contribution is 5.33. The van der Waals surface area contributed by atoms with Crippen molar-refractivity contribution >= 4 is 0 Å². The maximum Gasteiger partial charge on any atom is 0.106 e. The Labute approximate surface area is 141 Å². The average Bonchev–Trinajstić information content (AvgIpc) is 2.44. The summed E-state index contributed by atoms with van der Waals surface area (Å²) in [4.78, 5) is 0. The van der Waals surface area contributed by atoms with E-state index in [1.165, 1.54) is 31.3 Å². The van der Waals surface area contributed by atoms with Crippen LogP contribution >= 0.6 is 0 Å². The minimum absolute atomic E-state index is 0.209. The maximum atomic E-state index is 10.2. The third-order valence-electron chi connectivity index (χ3n) is 7.37. The molecular formula is C20H34O3. The molecule has 5 atom stereocenters. The number of aliphatic hydroxyl groups excluding tert-OH is 2. The fraction of sp³-hybridized carbons (Fsp3) is 0.900. The lowest BCUT2D eigenvalue weighted by Gasteiger charge is -2.62. The van der Waals surface area contributed by atoms with Crippen LogP contribution in [0.25, 0.3) is 0 Å². The molecule has 2 fully saturated rings. The molecule has 0 saturated heterocycles. The number of rotatable bonds is 2. The van der Waals surface area contributed by atoms with Gasteiger partial charge in [0.2, 0.25) is 0 Å². The maximum absolute atomic E-state index is 10.2. The number of hydrogen-bond donors (Lipinski definition) is 2. The second-order valence-electron chi connectivity index (χ2n) is 9.52. The summed E-state index contributed by atoms with van der Waals surface area (Å²) in [7, 11) is 0. The fourth-order valence-electron chi connectivity index (χ4n) is 6.13. The van der Waals surface area contributed by atoms with Crippen molar-refractivity contribution in [2.24, 2.45) is 16.7 Å². The van der Waals surface area contributed by atoms with Crippen molar-refractivity contribution in [2.45, 2.75) is 90.4 Å². The molecule has 1 aliphatic heterocycles. The van der Waals surface area contributed by atoms with Crippen LogP contribution in [0.5, 0.6) is 0 Å². The Morgan fingerprint density at radius 2 is 1.87 bits per heavy atom. The summed E-state index contributed by atoms with van der Waals surface area (Å²) in [6.45, 7) is 11.2. The number of aliphatic hydroxyl groups is 2. The Hall–Kier alpha value is -0.380. The van der Waals surface area contributed by atoms with Gasteiger partial charge in [0.1, 0.15) is 6.10 Å². The zero-order valence-corrected chi connectivity index (χ0v) is 15.5. The molecular weight excluding hydrogens is 288 g/mol. The zero-order chi connectivity index (χ0) is 17.1. The first-order valence-electron chi connectivity index (χ1n) is 9.28. The van der Waals surface area contributed by atoms with Gasteiger partial charge in [0.25, 0.3) is 0 Å². The molecule has 23 heavy (non-hydrogen) atoms. The van der Waals surface area contributed by atoms with Crippen molar-refractivity contribution in [1.29, 1.82) is 0 Å². The second kappa shape index (κ2) is 5.31. The lowest BCUT2D eigenvalue weighted by Crippen LogP contribution is -2.60. The highest BCUT2D eigenvalue weighted by Gasteiger charge is 2.58. The first kappa shape index (κ1) is 17.4. The third kappa shape index (κ3) is 2.51. The largest absolute Gasteiger partial charge is 0.394 e. The Kier molecular flexibility index (Phi) is 4.02. The Morgan fingerprint density at radius 3 is 2.52 bits per heavy atom. The molecule has 0 amide bonds. The summed E-state index contributed by atoms with van der Waals surface area (Å²) in [6.07, 6.45) is 8.23. The van der Waals surface area contributed by atoms with Gasteiger partial charge in [0, 0.05) is 0 Å². The van der Waals surface area contributed by atoms with Crippen LogP contribution in [0, 0.1) is 16.7 Å². The minimum Gasteiger partial charge on any atom is -0.394 e. The molecule has 1 heterocycles.